The summed E-state index contributed by atoms with van der Waals surface area (Å²) in [5.74, 6) is -0.196. The zero-order valence-corrected chi connectivity index (χ0v) is 19.1. The number of carbonyl (C=O) groups excluding carboxylic acids is 3. The van der Waals surface area contributed by atoms with Crippen LogP contribution in [0.25, 0.3) is 0 Å². The molecule has 1 aromatic carbocycles. The lowest BCUT2D eigenvalue weighted by Crippen LogP contribution is -2.52. The van der Waals surface area contributed by atoms with Gasteiger partial charge in [-0.05, 0) is 49.1 Å². The molecule has 0 aliphatic carbocycles. The van der Waals surface area contributed by atoms with E-state index in [4.69, 9.17) is 4.42 Å². The van der Waals surface area contributed by atoms with Gasteiger partial charge in [-0.15, -0.1) is 0 Å². The van der Waals surface area contributed by atoms with Crippen LogP contribution in [0.5, 0.6) is 0 Å². The molecule has 2 aromatic heterocycles. The Hall–Kier alpha value is -3.94. The molecular formula is C26H28N4O4. The number of hydrogen-bond donors (Lipinski definition) is 2. The third-order valence-corrected chi connectivity index (χ3v) is 5.97. The number of carbonyl (C=O) groups is 3. The summed E-state index contributed by atoms with van der Waals surface area (Å²) in [6, 6.07) is 15.7. The quantitative estimate of drug-likeness (QED) is 0.563. The summed E-state index contributed by atoms with van der Waals surface area (Å²) in [7, 11) is 0. The highest BCUT2D eigenvalue weighted by atomic mass is 16.3. The lowest BCUT2D eigenvalue weighted by atomic mass is 9.94. The first kappa shape index (κ1) is 23.2. The summed E-state index contributed by atoms with van der Waals surface area (Å²) in [6.07, 6.45) is 4.60. The molecule has 1 aliphatic heterocycles. The van der Waals surface area contributed by atoms with Crippen LogP contribution in [0.4, 0.5) is 5.82 Å². The number of nitrogens with one attached hydrogen (secondary N) is 2. The van der Waals surface area contributed by atoms with Gasteiger partial charge in [0.2, 0.25) is 11.8 Å². The third kappa shape index (κ3) is 5.89. The Balaban J connectivity index is 1.37. The van der Waals surface area contributed by atoms with Crippen molar-refractivity contribution in [2.75, 3.05) is 18.4 Å². The second-order valence-electron chi connectivity index (χ2n) is 8.50. The van der Waals surface area contributed by atoms with Gasteiger partial charge in [0.25, 0.3) is 5.91 Å². The van der Waals surface area contributed by atoms with Gasteiger partial charge in [-0.3, -0.25) is 14.4 Å². The first-order valence-corrected chi connectivity index (χ1v) is 11.4. The van der Waals surface area contributed by atoms with E-state index in [-0.39, 0.29) is 23.5 Å². The Bertz CT molecular complexity index is 1110. The predicted octanol–water partition coefficient (Wildman–Crippen LogP) is 3.20. The Morgan fingerprint density at radius 3 is 2.47 bits per heavy atom. The molecule has 2 N–H and O–H groups in total. The van der Waals surface area contributed by atoms with Crippen LogP contribution in [0.1, 0.15) is 34.5 Å². The number of furan rings is 1. The highest BCUT2D eigenvalue weighted by Crippen LogP contribution is 2.20. The Kier molecular flexibility index (Phi) is 7.37. The SMILES string of the molecule is Cc1ccc(NC(=O)C2CCN(C(=O)C(Cc3ccccc3)NC(=O)c3ccco3)CC2)nc1. The molecule has 3 aromatic rings. The van der Waals surface area contributed by atoms with Crippen LogP contribution >= 0.6 is 0 Å². The number of benzene rings is 1. The van der Waals surface area contributed by atoms with Crippen molar-refractivity contribution in [2.45, 2.75) is 32.2 Å². The number of anilines is 1. The molecule has 8 nitrogen and oxygen atoms in total. The normalized spacial score (nSPS) is 14.9. The molecule has 0 radical (unpaired) electrons. The van der Waals surface area contributed by atoms with Gasteiger partial charge in [0.05, 0.1) is 6.26 Å². The summed E-state index contributed by atoms with van der Waals surface area (Å²) in [5.41, 5.74) is 1.97. The largest absolute Gasteiger partial charge is 0.459 e. The monoisotopic (exact) mass is 460 g/mol. The molecule has 8 heteroatoms. The Labute approximate surface area is 198 Å². The zero-order chi connectivity index (χ0) is 23.9. The minimum atomic E-state index is -0.734. The van der Waals surface area contributed by atoms with Crippen LogP contribution < -0.4 is 10.6 Å². The maximum Gasteiger partial charge on any atom is 0.287 e. The van der Waals surface area contributed by atoms with Gasteiger partial charge in [0.1, 0.15) is 11.9 Å². The standard InChI is InChI=1S/C26H28N4O4/c1-18-9-10-23(27-17-18)29-24(31)20-11-13-30(14-12-20)26(33)21(16-19-6-3-2-4-7-19)28-25(32)22-8-5-15-34-22/h2-10,15,17,20-21H,11-14,16H2,1H3,(H,28,32)(H,27,29,31). The van der Waals surface area contributed by atoms with Crippen LogP contribution in [0, 0.1) is 12.8 Å². The van der Waals surface area contributed by atoms with Gasteiger partial charge in [-0.2, -0.15) is 0 Å². The van der Waals surface area contributed by atoms with E-state index in [1.165, 1.54) is 6.26 Å². The molecular weight excluding hydrogens is 432 g/mol. The molecule has 0 saturated carbocycles. The van der Waals surface area contributed by atoms with Gasteiger partial charge in [-0.1, -0.05) is 36.4 Å². The molecule has 1 fully saturated rings. The number of hydrogen-bond acceptors (Lipinski definition) is 5. The van der Waals surface area contributed by atoms with E-state index < -0.39 is 11.9 Å². The lowest BCUT2D eigenvalue weighted by Gasteiger charge is -2.34. The van der Waals surface area contributed by atoms with Crippen molar-refractivity contribution in [3.63, 3.8) is 0 Å². The predicted molar refractivity (Wildman–Crippen MR) is 127 cm³/mol. The molecule has 3 heterocycles. The van der Waals surface area contributed by atoms with Crippen molar-refractivity contribution in [3.8, 4) is 0 Å². The van der Waals surface area contributed by atoms with Crippen LogP contribution in [0.3, 0.4) is 0 Å². The fourth-order valence-electron chi connectivity index (χ4n) is 4.04. The van der Waals surface area contributed by atoms with E-state index in [1.807, 2.05) is 43.3 Å². The van der Waals surface area contributed by atoms with Gasteiger partial charge in [0, 0.05) is 31.6 Å². The van der Waals surface area contributed by atoms with Crippen LogP contribution in [-0.4, -0.2) is 46.7 Å². The van der Waals surface area contributed by atoms with E-state index in [1.54, 1.807) is 29.3 Å². The second kappa shape index (κ2) is 10.8. The van der Waals surface area contributed by atoms with Gasteiger partial charge in [-0.25, -0.2) is 4.98 Å². The fourth-order valence-corrected chi connectivity index (χ4v) is 4.04. The zero-order valence-electron chi connectivity index (χ0n) is 19.1. The van der Waals surface area contributed by atoms with Crippen molar-refractivity contribution in [2.24, 2.45) is 5.92 Å². The van der Waals surface area contributed by atoms with Crippen molar-refractivity contribution in [1.29, 1.82) is 0 Å². The van der Waals surface area contributed by atoms with Crippen LogP contribution in [0.2, 0.25) is 0 Å². The smallest absolute Gasteiger partial charge is 0.287 e. The Morgan fingerprint density at radius 1 is 1.06 bits per heavy atom. The molecule has 3 amide bonds. The molecule has 176 valence electrons. The number of pyridine rings is 1. The summed E-state index contributed by atoms with van der Waals surface area (Å²) in [6.45, 7) is 2.83. The minimum absolute atomic E-state index is 0.0876. The molecule has 0 spiro atoms. The first-order valence-electron chi connectivity index (χ1n) is 11.4. The molecule has 0 bridgehead atoms. The molecule has 34 heavy (non-hydrogen) atoms. The summed E-state index contributed by atoms with van der Waals surface area (Å²) < 4.78 is 5.18. The molecule has 1 unspecified atom stereocenters. The first-order chi connectivity index (χ1) is 16.5. The minimum Gasteiger partial charge on any atom is -0.459 e. The number of amides is 3. The number of piperidine rings is 1. The van der Waals surface area contributed by atoms with Gasteiger partial charge >= 0.3 is 0 Å². The van der Waals surface area contributed by atoms with Gasteiger partial charge in [0.15, 0.2) is 5.76 Å². The topological polar surface area (TPSA) is 105 Å². The third-order valence-electron chi connectivity index (χ3n) is 5.97. The maximum atomic E-state index is 13.4. The Morgan fingerprint density at radius 2 is 1.82 bits per heavy atom. The van der Waals surface area contributed by atoms with Crippen molar-refractivity contribution < 1.29 is 18.8 Å². The van der Waals surface area contributed by atoms with E-state index >= 15 is 0 Å². The molecule has 1 saturated heterocycles. The molecule has 4 rings (SSSR count). The summed E-state index contributed by atoms with van der Waals surface area (Å²) >= 11 is 0. The van der Waals surface area contributed by atoms with Crippen LogP contribution in [0.15, 0.2) is 71.5 Å². The lowest BCUT2D eigenvalue weighted by molar-refractivity contribution is -0.136. The average Bonchev–Trinajstić information content (AvgIpc) is 3.41. The number of aryl methyl sites for hydroxylation is 1. The van der Waals surface area contributed by atoms with E-state index in [2.05, 4.69) is 15.6 Å². The van der Waals surface area contributed by atoms with E-state index in [9.17, 15) is 14.4 Å². The molecule has 1 atom stereocenters. The molecule has 1 aliphatic rings. The fraction of sp³-hybridized carbons (Fsp3) is 0.308. The van der Waals surface area contributed by atoms with E-state index in [0.717, 1.165) is 11.1 Å². The highest BCUT2D eigenvalue weighted by Gasteiger charge is 2.32. The maximum absolute atomic E-state index is 13.4. The number of aromatic nitrogens is 1. The van der Waals surface area contributed by atoms with Gasteiger partial charge < -0.3 is 20.0 Å². The second-order valence-corrected chi connectivity index (χ2v) is 8.50. The van der Waals surface area contributed by atoms with E-state index in [0.29, 0.717) is 38.2 Å². The van der Waals surface area contributed by atoms with Crippen molar-refractivity contribution >= 4 is 23.5 Å². The van der Waals surface area contributed by atoms with Crippen LogP contribution in [-0.2, 0) is 16.0 Å². The average molecular weight is 461 g/mol. The number of likely N-dealkylation sites (tertiary alicyclic amines) is 1. The van der Waals surface area contributed by atoms with Crippen molar-refractivity contribution in [1.82, 2.24) is 15.2 Å². The highest BCUT2D eigenvalue weighted by molar-refractivity contribution is 5.96. The summed E-state index contributed by atoms with van der Waals surface area (Å²) in [4.78, 5) is 44.6. The summed E-state index contributed by atoms with van der Waals surface area (Å²) in [5, 5.41) is 5.68. The van der Waals surface area contributed by atoms with Crippen molar-refractivity contribution in [3.05, 3.63) is 83.9 Å². The number of nitrogens with zero attached hydrogens (tertiary/aromatic N) is 2. The number of rotatable bonds is 7.